The maximum Gasteiger partial charge on any atom is 1.00 e. The van der Waals surface area contributed by atoms with Gasteiger partial charge >= 0.3 is 18.9 Å². The van der Waals surface area contributed by atoms with Gasteiger partial charge in [-0.15, -0.1) is 6.04 Å². The second-order valence-corrected chi connectivity index (χ2v) is 4.91. The van der Waals surface area contributed by atoms with Crippen LogP contribution in [0, 0.1) is 6.42 Å². The fraction of sp³-hybridized carbons (Fsp3) is 0.235. The molecule has 92 valence electrons. The zero-order valence-corrected chi connectivity index (χ0v) is 11.5. The first-order chi connectivity index (χ1) is 8.92. The molecule has 0 unspecified atom stereocenters. The molecular formula is C17H18LiN. The van der Waals surface area contributed by atoms with Crippen LogP contribution < -0.4 is 18.9 Å². The minimum absolute atomic E-state index is 0. The van der Waals surface area contributed by atoms with Crippen molar-refractivity contribution in [1.29, 1.82) is 0 Å². The van der Waals surface area contributed by atoms with Crippen molar-refractivity contribution in [3.63, 3.8) is 0 Å². The molecule has 1 nitrogen and oxygen atoms in total. The summed E-state index contributed by atoms with van der Waals surface area (Å²) >= 11 is 0. The Morgan fingerprint density at radius 2 is 1.26 bits per heavy atom. The van der Waals surface area contributed by atoms with Gasteiger partial charge in [0.05, 0.1) is 0 Å². The molecule has 1 saturated carbocycles. The first kappa shape index (κ1) is 14.4. The van der Waals surface area contributed by atoms with Gasteiger partial charge in [0.2, 0.25) is 0 Å². The van der Waals surface area contributed by atoms with Crippen molar-refractivity contribution in [3.8, 4) is 0 Å². The van der Waals surface area contributed by atoms with Crippen LogP contribution >= 0.6 is 0 Å². The molecule has 2 aromatic carbocycles. The van der Waals surface area contributed by atoms with Crippen molar-refractivity contribution in [2.75, 3.05) is 0 Å². The van der Waals surface area contributed by atoms with Crippen LogP contribution in [-0.4, -0.2) is 10.9 Å². The van der Waals surface area contributed by atoms with Crippen LogP contribution in [0.4, 0.5) is 0 Å². The van der Waals surface area contributed by atoms with Crippen LogP contribution in [0.1, 0.15) is 17.5 Å². The van der Waals surface area contributed by atoms with E-state index in [-0.39, 0.29) is 18.9 Å². The zero-order chi connectivity index (χ0) is 12.2. The Labute approximate surface area is 127 Å². The van der Waals surface area contributed by atoms with E-state index < -0.39 is 0 Å². The second kappa shape index (κ2) is 6.96. The van der Waals surface area contributed by atoms with E-state index in [1.165, 1.54) is 17.5 Å². The first-order valence-electron chi connectivity index (χ1n) is 6.57. The largest absolute Gasteiger partial charge is 1.00 e. The van der Waals surface area contributed by atoms with Gasteiger partial charge in [-0.1, -0.05) is 60.7 Å². The van der Waals surface area contributed by atoms with Gasteiger partial charge in [-0.25, -0.2) is 0 Å². The predicted molar refractivity (Wildman–Crippen MR) is 74.8 cm³/mol. The van der Waals surface area contributed by atoms with Crippen LogP contribution in [-0.2, 0) is 13.1 Å². The number of nitrogens with zero attached hydrogens (tertiary/aromatic N) is 1. The molecule has 1 aliphatic carbocycles. The fourth-order valence-electron chi connectivity index (χ4n) is 2.29. The van der Waals surface area contributed by atoms with E-state index in [0.29, 0.717) is 6.04 Å². The summed E-state index contributed by atoms with van der Waals surface area (Å²) in [5.74, 6) is 0. The Bertz CT molecular complexity index is 438. The van der Waals surface area contributed by atoms with Crippen LogP contribution in [0.5, 0.6) is 0 Å². The van der Waals surface area contributed by atoms with Crippen LogP contribution in [0.3, 0.4) is 0 Å². The van der Waals surface area contributed by atoms with Gasteiger partial charge < -0.3 is 11.3 Å². The predicted octanol–water partition coefficient (Wildman–Crippen LogP) is 0.669. The maximum absolute atomic E-state index is 2.55. The number of hydrogen-bond acceptors (Lipinski definition) is 1. The second-order valence-electron chi connectivity index (χ2n) is 4.91. The minimum Gasteiger partial charge on any atom is -0.324 e. The Morgan fingerprint density at radius 1 is 0.842 bits per heavy atom. The summed E-state index contributed by atoms with van der Waals surface area (Å²) in [7, 11) is 0. The summed E-state index contributed by atoms with van der Waals surface area (Å²) in [6.07, 6.45) is 3.62. The normalized spacial score (nSPS) is 17.0. The Hall–Kier alpha value is -1.00. The molecule has 0 aromatic heterocycles. The molecule has 0 spiro atoms. The summed E-state index contributed by atoms with van der Waals surface area (Å²) in [4.78, 5) is 2.55. The molecule has 0 aliphatic heterocycles. The SMILES string of the molecule is [Li+].c1ccc(CN(Cc2ccccc2)[C@@H]2[CH-]C2)cc1. The average molecular weight is 243 g/mol. The van der Waals surface area contributed by atoms with Crippen molar-refractivity contribution in [2.24, 2.45) is 0 Å². The first-order valence-corrected chi connectivity index (χ1v) is 6.57. The van der Waals surface area contributed by atoms with E-state index >= 15 is 0 Å². The van der Waals surface area contributed by atoms with Gasteiger partial charge in [0.1, 0.15) is 0 Å². The Morgan fingerprint density at radius 3 is 1.63 bits per heavy atom. The Kier molecular flexibility index (Phi) is 5.28. The molecule has 0 radical (unpaired) electrons. The smallest absolute Gasteiger partial charge is 0.324 e. The van der Waals surface area contributed by atoms with Crippen molar-refractivity contribution in [1.82, 2.24) is 4.90 Å². The molecule has 0 saturated heterocycles. The topological polar surface area (TPSA) is 3.24 Å². The van der Waals surface area contributed by atoms with Crippen LogP contribution in [0.15, 0.2) is 60.7 Å². The molecule has 1 fully saturated rings. The van der Waals surface area contributed by atoms with E-state index in [1.807, 2.05) is 0 Å². The van der Waals surface area contributed by atoms with Gasteiger partial charge in [-0.05, 0) is 11.1 Å². The van der Waals surface area contributed by atoms with Crippen molar-refractivity contribution >= 4 is 0 Å². The van der Waals surface area contributed by atoms with E-state index in [1.54, 1.807) is 0 Å². The van der Waals surface area contributed by atoms with E-state index in [2.05, 4.69) is 72.0 Å². The third-order valence-corrected chi connectivity index (χ3v) is 3.37. The zero-order valence-electron chi connectivity index (χ0n) is 11.5. The van der Waals surface area contributed by atoms with Gasteiger partial charge in [0.15, 0.2) is 0 Å². The van der Waals surface area contributed by atoms with Crippen molar-refractivity contribution in [3.05, 3.63) is 78.2 Å². The van der Waals surface area contributed by atoms with Gasteiger partial charge in [-0.2, -0.15) is 6.42 Å². The number of rotatable bonds is 5. The molecule has 0 N–H and O–H groups in total. The number of benzene rings is 2. The van der Waals surface area contributed by atoms with Crippen molar-refractivity contribution in [2.45, 2.75) is 25.6 Å². The summed E-state index contributed by atoms with van der Waals surface area (Å²) < 4.78 is 0. The van der Waals surface area contributed by atoms with E-state index in [9.17, 15) is 0 Å². The minimum atomic E-state index is 0. The third-order valence-electron chi connectivity index (χ3n) is 3.37. The van der Waals surface area contributed by atoms with Gasteiger partial charge in [0.25, 0.3) is 0 Å². The Balaban J connectivity index is 0.00000133. The van der Waals surface area contributed by atoms with Gasteiger partial charge in [0, 0.05) is 13.1 Å². The number of hydrogen-bond donors (Lipinski definition) is 0. The summed E-state index contributed by atoms with van der Waals surface area (Å²) in [5.41, 5.74) is 2.79. The summed E-state index contributed by atoms with van der Waals surface area (Å²) in [6.45, 7) is 2.08. The van der Waals surface area contributed by atoms with E-state index in [4.69, 9.17) is 0 Å². The molecule has 0 amide bonds. The molecule has 2 aromatic rings. The molecule has 0 bridgehead atoms. The molecule has 1 aliphatic rings. The van der Waals surface area contributed by atoms with Crippen LogP contribution in [0.25, 0.3) is 0 Å². The summed E-state index contributed by atoms with van der Waals surface area (Å²) in [5, 5.41) is 0. The van der Waals surface area contributed by atoms with Crippen LogP contribution in [0.2, 0.25) is 0 Å². The molecule has 2 heteroatoms. The molecule has 1 atom stereocenters. The average Bonchev–Trinajstić information content (AvgIpc) is 3.25. The molecule has 0 heterocycles. The maximum atomic E-state index is 2.55. The summed E-state index contributed by atoms with van der Waals surface area (Å²) in [6, 6.07) is 22.1. The van der Waals surface area contributed by atoms with E-state index in [0.717, 1.165) is 13.1 Å². The molecule has 19 heavy (non-hydrogen) atoms. The third kappa shape index (κ3) is 4.25. The fourth-order valence-corrected chi connectivity index (χ4v) is 2.29. The van der Waals surface area contributed by atoms with Gasteiger partial charge in [-0.3, -0.25) is 0 Å². The standard InChI is InChI=1S/C17H18N.Li/c1-3-7-15(8-4-1)13-18(17-11-12-17)14-16-9-5-2-6-10-16;/h1-11,17H,12-14H2;/q-1;+1/t17-;/m1./s1. The quantitative estimate of drug-likeness (QED) is 0.551. The monoisotopic (exact) mass is 243 g/mol. The van der Waals surface area contributed by atoms with Crippen molar-refractivity contribution < 1.29 is 18.9 Å². The molecular weight excluding hydrogens is 225 g/mol. The molecule has 3 rings (SSSR count).